The largest absolute Gasteiger partial charge is 0.497 e. The maximum absolute atomic E-state index is 13.9. The van der Waals surface area contributed by atoms with Crippen molar-refractivity contribution in [2.75, 3.05) is 27.7 Å². The molecule has 0 fully saturated rings. The number of hydrogen-bond acceptors (Lipinski definition) is 5. The predicted octanol–water partition coefficient (Wildman–Crippen LogP) is 3.05. The van der Waals surface area contributed by atoms with Crippen LogP contribution in [-0.2, 0) is 0 Å². The Morgan fingerprint density at radius 2 is 1.79 bits per heavy atom. The van der Waals surface area contributed by atoms with E-state index in [2.05, 4.69) is 5.32 Å². The zero-order valence-corrected chi connectivity index (χ0v) is 15.3. The molecule has 150 valence electrons. The van der Waals surface area contributed by atoms with Crippen molar-refractivity contribution in [3.63, 3.8) is 0 Å². The van der Waals surface area contributed by atoms with E-state index in [1.54, 1.807) is 43.3 Å². The highest BCUT2D eigenvalue weighted by Crippen LogP contribution is 2.26. The molecule has 0 radical (unpaired) electrons. The van der Waals surface area contributed by atoms with E-state index in [4.69, 9.17) is 4.74 Å². The maximum Gasteiger partial charge on any atom is 0.308 e. The Hall–Kier alpha value is -3.14. The molecule has 1 N–H and O–H groups in total. The summed E-state index contributed by atoms with van der Waals surface area (Å²) in [4.78, 5) is 23.6. The van der Waals surface area contributed by atoms with Crippen molar-refractivity contribution in [2.24, 2.45) is 0 Å². The number of likely N-dealkylation sites (N-methyl/N-ethyl adjacent to an activating group) is 1. The lowest BCUT2D eigenvalue weighted by molar-refractivity contribution is -0.387. The van der Waals surface area contributed by atoms with Gasteiger partial charge in [0.05, 0.1) is 23.6 Å². The summed E-state index contributed by atoms with van der Waals surface area (Å²) < 4.78 is 46.0. The van der Waals surface area contributed by atoms with Crippen molar-refractivity contribution >= 4 is 11.6 Å². The lowest BCUT2D eigenvalue weighted by Crippen LogP contribution is -2.35. The highest BCUT2D eigenvalue weighted by atomic mass is 19.2. The van der Waals surface area contributed by atoms with E-state index in [-0.39, 0.29) is 12.6 Å². The Labute approximate surface area is 158 Å². The third kappa shape index (κ3) is 4.39. The number of nitro benzene ring substituents is 1. The summed E-state index contributed by atoms with van der Waals surface area (Å²) in [5.74, 6) is -6.27. The molecule has 0 aliphatic heterocycles. The summed E-state index contributed by atoms with van der Waals surface area (Å²) in [5.41, 5.74) is -1.45. The van der Waals surface area contributed by atoms with Gasteiger partial charge in [0.1, 0.15) is 5.75 Å². The van der Waals surface area contributed by atoms with Gasteiger partial charge in [0.2, 0.25) is 11.6 Å². The first-order chi connectivity index (χ1) is 13.2. The summed E-state index contributed by atoms with van der Waals surface area (Å²) in [6.07, 6.45) is 0. The van der Waals surface area contributed by atoms with Crippen LogP contribution in [0.3, 0.4) is 0 Å². The van der Waals surface area contributed by atoms with Crippen LogP contribution in [0.15, 0.2) is 30.3 Å². The molecule has 0 heterocycles. The van der Waals surface area contributed by atoms with Crippen LogP contribution in [-0.4, -0.2) is 43.5 Å². The van der Waals surface area contributed by atoms with E-state index in [0.29, 0.717) is 11.8 Å². The van der Waals surface area contributed by atoms with Crippen LogP contribution >= 0.6 is 0 Å². The number of carbonyl (C=O) groups is 1. The van der Waals surface area contributed by atoms with Crippen molar-refractivity contribution < 1.29 is 27.6 Å². The second-order valence-corrected chi connectivity index (χ2v) is 6.10. The fourth-order valence-electron chi connectivity index (χ4n) is 2.60. The number of benzene rings is 2. The molecule has 0 bridgehead atoms. The standard InChI is InChI=1S/C18H18F3N3O4/c1-23(2)14(10-4-6-11(28-3)7-5-10)9-22-18(25)12-8-13(24(26)27)16(20)17(21)15(12)19/h4-8,14H,9H2,1-3H3,(H,22,25). The average molecular weight is 397 g/mol. The third-order valence-corrected chi connectivity index (χ3v) is 4.15. The van der Waals surface area contributed by atoms with Gasteiger partial charge in [-0.05, 0) is 31.8 Å². The fraction of sp³-hybridized carbons (Fsp3) is 0.278. The molecular weight excluding hydrogens is 379 g/mol. The van der Waals surface area contributed by atoms with Crippen LogP contribution in [0.2, 0.25) is 0 Å². The molecule has 1 unspecified atom stereocenters. The number of methoxy groups -OCH3 is 1. The average Bonchev–Trinajstić information content (AvgIpc) is 2.66. The number of nitrogens with one attached hydrogen (secondary N) is 1. The zero-order valence-electron chi connectivity index (χ0n) is 15.3. The molecule has 2 aromatic rings. The molecular formula is C18H18F3N3O4. The van der Waals surface area contributed by atoms with Crippen LogP contribution < -0.4 is 10.1 Å². The van der Waals surface area contributed by atoms with Gasteiger partial charge in [0.15, 0.2) is 5.82 Å². The lowest BCUT2D eigenvalue weighted by atomic mass is 10.1. The molecule has 0 spiro atoms. The molecule has 2 aromatic carbocycles. The first-order valence-electron chi connectivity index (χ1n) is 8.07. The van der Waals surface area contributed by atoms with Crippen LogP contribution in [0.1, 0.15) is 22.0 Å². The third-order valence-electron chi connectivity index (χ3n) is 4.15. The van der Waals surface area contributed by atoms with Crippen LogP contribution in [0.5, 0.6) is 5.75 Å². The van der Waals surface area contributed by atoms with E-state index in [1.807, 2.05) is 0 Å². The van der Waals surface area contributed by atoms with E-state index < -0.39 is 39.5 Å². The minimum absolute atomic E-state index is 0.00953. The topological polar surface area (TPSA) is 84.7 Å². The summed E-state index contributed by atoms with van der Waals surface area (Å²) in [6.45, 7) is -0.00953. The van der Waals surface area contributed by atoms with Gasteiger partial charge in [-0.1, -0.05) is 12.1 Å². The number of nitro groups is 1. The molecule has 0 aromatic heterocycles. The van der Waals surface area contributed by atoms with E-state index in [1.165, 1.54) is 7.11 Å². The van der Waals surface area contributed by atoms with Crippen molar-refractivity contribution in [2.45, 2.75) is 6.04 Å². The number of halogens is 3. The van der Waals surface area contributed by atoms with Crippen molar-refractivity contribution in [1.82, 2.24) is 10.2 Å². The lowest BCUT2D eigenvalue weighted by Gasteiger charge is -2.25. The highest BCUT2D eigenvalue weighted by Gasteiger charge is 2.29. The number of carbonyl (C=O) groups excluding carboxylic acids is 1. The van der Waals surface area contributed by atoms with Gasteiger partial charge in [-0.3, -0.25) is 14.9 Å². The Balaban J connectivity index is 2.24. The molecule has 0 aliphatic carbocycles. The Kier molecular flexibility index (Phi) is 6.57. The molecule has 2 rings (SSSR count). The molecule has 0 saturated carbocycles. The molecule has 1 amide bonds. The summed E-state index contributed by atoms with van der Waals surface area (Å²) in [6, 6.07) is 7.05. The van der Waals surface area contributed by atoms with Gasteiger partial charge in [-0.15, -0.1) is 0 Å². The number of amides is 1. The van der Waals surface area contributed by atoms with Crippen LogP contribution in [0.4, 0.5) is 18.9 Å². The smallest absolute Gasteiger partial charge is 0.308 e. The first kappa shape index (κ1) is 21.2. The monoisotopic (exact) mass is 397 g/mol. The SMILES string of the molecule is COc1ccc(C(CNC(=O)c2cc([N+](=O)[O-])c(F)c(F)c2F)N(C)C)cc1. The highest BCUT2D eigenvalue weighted by molar-refractivity contribution is 5.95. The Morgan fingerprint density at radius 3 is 2.29 bits per heavy atom. The van der Waals surface area contributed by atoms with E-state index in [0.717, 1.165) is 5.56 Å². The second kappa shape index (κ2) is 8.70. The minimum atomic E-state index is -2.07. The number of ether oxygens (including phenoxy) is 1. The zero-order chi connectivity index (χ0) is 21.0. The number of rotatable bonds is 7. The van der Waals surface area contributed by atoms with Gasteiger partial charge >= 0.3 is 5.69 Å². The molecule has 28 heavy (non-hydrogen) atoms. The van der Waals surface area contributed by atoms with Crippen molar-refractivity contribution in [3.05, 3.63) is 69.0 Å². The van der Waals surface area contributed by atoms with Gasteiger partial charge in [0, 0.05) is 12.6 Å². The number of hydrogen-bond donors (Lipinski definition) is 1. The molecule has 0 aliphatic rings. The van der Waals surface area contributed by atoms with Crippen molar-refractivity contribution in [3.8, 4) is 5.75 Å². The van der Waals surface area contributed by atoms with E-state index in [9.17, 15) is 28.1 Å². The fourth-order valence-corrected chi connectivity index (χ4v) is 2.60. The van der Waals surface area contributed by atoms with Crippen molar-refractivity contribution in [1.29, 1.82) is 0 Å². The summed E-state index contributed by atoms with van der Waals surface area (Å²) in [5, 5.41) is 13.2. The quantitative estimate of drug-likeness (QED) is 0.441. The van der Waals surface area contributed by atoms with Crippen LogP contribution in [0.25, 0.3) is 0 Å². The van der Waals surface area contributed by atoms with Gasteiger partial charge in [-0.25, -0.2) is 8.78 Å². The summed E-state index contributed by atoms with van der Waals surface area (Å²) in [7, 11) is 5.03. The minimum Gasteiger partial charge on any atom is -0.497 e. The van der Waals surface area contributed by atoms with Gasteiger partial charge in [0.25, 0.3) is 5.91 Å². The number of nitrogens with zero attached hydrogens (tertiary/aromatic N) is 2. The molecule has 0 saturated heterocycles. The normalized spacial score (nSPS) is 12.0. The first-order valence-corrected chi connectivity index (χ1v) is 8.07. The predicted molar refractivity (Wildman–Crippen MR) is 94.7 cm³/mol. The van der Waals surface area contributed by atoms with Crippen LogP contribution in [0, 0.1) is 27.6 Å². The maximum atomic E-state index is 13.9. The second-order valence-electron chi connectivity index (χ2n) is 6.10. The Bertz CT molecular complexity index is 889. The van der Waals surface area contributed by atoms with Gasteiger partial charge in [-0.2, -0.15) is 4.39 Å². The van der Waals surface area contributed by atoms with Gasteiger partial charge < -0.3 is 15.0 Å². The summed E-state index contributed by atoms with van der Waals surface area (Å²) >= 11 is 0. The molecule has 7 nitrogen and oxygen atoms in total. The molecule has 10 heteroatoms. The Morgan fingerprint density at radius 1 is 1.18 bits per heavy atom. The van der Waals surface area contributed by atoms with E-state index >= 15 is 0 Å². The molecule has 1 atom stereocenters.